The molecule has 2 atom stereocenters. The Morgan fingerprint density at radius 3 is 3.23 bits per heavy atom. The van der Waals surface area contributed by atoms with Gasteiger partial charge in [-0.25, -0.2) is 9.55 Å². The van der Waals surface area contributed by atoms with E-state index in [0.29, 0.717) is 12.8 Å². The maximum absolute atomic E-state index is 13.4. The Kier molecular flexibility index (Phi) is 3.74. The summed E-state index contributed by atoms with van der Waals surface area (Å²) >= 11 is 0. The van der Waals surface area contributed by atoms with Gasteiger partial charge in [0.25, 0.3) is 0 Å². The third-order valence-electron chi connectivity index (χ3n) is 3.50. The summed E-state index contributed by atoms with van der Waals surface area (Å²) in [6, 6.07) is 0. The lowest BCUT2D eigenvalue weighted by atomic mass is 10.0. The largest absolute Gasteiger partial charge is 0.382 e. The minimum Gasteiger partial charge on any atom is -0.382 e. The van der Waals surface area contributed by atoms with Crippen molar-refractivity contribution in [1.82, 2.24) is 19.5 Å². The van der Waals surface area contributed by atoms with Gasteiger partial charge in [-0.3, -0.25) is 9.09 Å². The van der Waals surface area contributed by atoms with Crippen molar-refractivity contribution >= 4 is 25.7 Å². The van der Waals surface area contributed by atoms with E-state index in [0.717, 1.165) is 0 Å². The van der Waals surface area contributed by atoms with Gasteiger partial charge in [0.1, 0.15) is 12.8 Å². The molecule has 0 aromatic carbocycles. The first-order valence-electron chi connectivity index (χ1n) is 6.34. The number of aromatic nitrogens is 4. The Bertz CT molecular complexity index is 776. The zero-order valence-electron chi connectivity index (χ0n) is 11.3. The number of nitrogens with two attached hydrogens (primary N) is 1. The highest BCUT2D eigenvalue weighted by atomic mass is 31.1. The van der Waals surface area contributed by atoms with Crippen LogP contribution in [0, 0.1) is 18.4 Å². The van der Waals surface area contributed by atoms with E-state index in [4.69, 9.17) is 21.4 Å². The van der Waals surface area contributed by atoms with E-state index in [9.17, 15) is 8.96 Å². The van der Waals surface area contributed by atoms with Crippen LogP contribution in [0.4, 0.5) is 10.2 Å². The summed E-state index contributed by atoms with van der Waals surface area (Å²) in [5.41, 5.74) is 5.15. The number of halogens is 1. The zero-order chi connectivity index (χ0) is 15.7. The van der Waals surface area contributed by atoms with E-state index in [1.165, 1.54) is 6.33 Å². The molecule has 0 aliphatic carbocycles. The quantitative estimate of drug-likeness (QED) is 0.516. The van der Waals surface area contributed by atoms with Crippen LogP contribution in [0.5, 0.6) is 0 Å². The topological polar surface area (TPSA) is 105 Å². The lowest BCUT2D eigenvalue weighted by Gasteiger charge is -2.22. The van der Waals surface area contributed by atoms with Crippen LogP contribution >= 0.6 is 8.69 Å². The molecule has 0 spiro atoms. The number of hydrogen-bond acceptors (Lipinski definition) is 7. The van der Waals surface area contributed by atoms with Crippen LogP contribution in [0.25, 0.3) is 11.2 Å². The Morgan fingerprint density at radius 2 is 2.50 bits per heavy atom. The SMILES string of the molecule is C#C[C@@]1(COP=O)CC[C@H](n2cnc3c(N)nc(F)nc32)O1. The maximum Gasteiger partial charge on any atom is 0.327 e. The second-order valence-corrected chi connectivity index (χ2v) is 5.21. The average Bonchev–Trinajstić information content (AvgIpc) is 3.09. The minimum atomic E-state index is -0.990. The summed E-state index contributed by atoms with van der Waals surface area (Å²) in [6.07, 6.45) is 6.53. The van der Waals surface area contributed by atoms with Crippen LogP contribution in [-0.2, 0) is 13.8 Å². The van der Waals surface area contributed by atoms with E-state index in [2.05, 4.69) is 20.9 Å². The van der Waals surface area contributed by atoms with Crippen LogP contribution in [0.15, 0.2) is 6.33 Å². The molecule has 1 fully saturated rings. The number of ether oxygens (including phenoxy) is 1. The standard InChI is InChI=1S/C12H11FN5O3P/c1-2-12(5-20-22-19)4-3-7(21-12)18-6-15-8-9(14)16-11(13)17-10(8)18/h1,6-7H,3-5H2,(H2,14,16,17)/t7-,12+/m1/s1. The van der Waals surface area contributed by atoms with Gasteiger partial charge in [-0.2, -0.15) is 14.4 Å². The first-order chi connectivity index (χ1) is 10.6. The first kappa shape index (κ1) is 14.8. The molecular formula is C12H11FN5O3P. The fraction of sp³-hybridized carbons (Fsp3) is 0.417. The Morgan fingerprint density at radius 1 is 1.68 bits per heavy atom. The number of anilines is 1. The van der Waals surface area contributed by atoms with Gasteiger partial charge in [0.05, 0.1) is 6.33 Å². The van der Waals surface area contributed by atoms with Gasteiger partial charge in [-0.1, -0.05) is 5.92 Å². The molecule has 2 aromatic rings. The maximum atomic E-state index is 13.4. The van der Waals surface area contributed by atoms with E-state index in [1.54, 1.807) is 4.57 Å². The summed E-state index contributed by atoms with van der Waals surface area (Å²) < 4.78 is 36.0. The van der Waals surface area contributed by atoms with Gasteiger partial charge in [0, 0.05) is 0 Å². The molecule has 8 nitrogen and oxygen atoms in total. The van der Waals surface area contributed by atoms with Gasteiger partial charge < -0.3 is 10.5 Å². The van der Waals surface area contributed by atoms with Gasteiger partial charge in [-0.05, 0) is 12.8 Å². The summed E-state index contributed by atoms with van der Waals surface area (Å²) in [6.45, 7) is -0.0107. The highest BCUT2D eigenvalue weighted by molar-refractivity contribution is 7.17. The number of nitrogens with zero attached hydrogens (tertiary/aromatic N) is 4. The van der Waals surface area contributed by atoms with E-state index < -0.39 is 26.6 Å². The van der Waals surface area contributed by atoms with Gasteiger partial charge >= 0.3 is 14.8 Å². The minimum absolute atomic E-state index is 0.0107. The molecule has 2 aromatic heterocycles. The number of terminal acetylenes is 1. The summed E-state index contributed by atoms with van der Waals surface area (Å²) in [5, 5.41) is 0. The number of rotatable bonds is 4. The predicted octanol–water partition coefficient (Wildman–Crippen LogP) is 1.45. The molecule has 0 bridgehead atoms. The zero-order valence-corrected chi connectivity index (χ0v) is 12.2. The van der Waals surface area contributed by atoms with Crippen molar-refractivity contribution in [3.63, 3.8) is 0 Å². The molecule has 1 aliphatic heterocycles. The van der Waals surface area contributed by atoms with Gasteiger partial charge in [-0.15, -0.1) is 6.42 Å². The Balaban J connectivity index is 1.93. The van der Waals surface area contributed by atoms with Crippen LogP contribution in [0.3, 0.4) is 0 Å². The molecule has 2 N–H and O–H groups in total. The van der Waals surface area contributed by atoms with Crippen molar-refractivity contribution in [2.75, 3.05) is 12.3 Å². The van der Waals surface area contributed by atoms with Gasteiger partial charge in [0.15, 0.2) is 22.6 Å². The fourth-order valence-corrected chi connectivity index (χ4v) is 2.70. The number of fused-ring (bicyclic) bond motifs is 1. The monoisotopic (exact) mass is 323 g/mol. The molecule has 3 rings (SSSR count). The van der Waals surface area contributed by atoms with E-state index in [-0.39, 0.29) is 23.6 Å². The summed E-state index contributed by atoms with van der Waals surface area (Å²) in [5.74, 6) is 2.47. The smallest absolute Gasteiger partial charge is 0.327 e. The molecule has 22 heavy (non-hydrogen) atoms. The van der Waals surface area contributed by atoms with Crippen molar-refractivity contribution in [1.29, 1.82) is 0 Å². The first-order valence-corrected chi connectivity index (χ1v) is 7.07. The van der Waals surface area contributed by atoms with Gasteiger partial charge in [0.2, 0.25) is 0 Å². The van der Waals surface area contributed by atoms with Crippen LogP contribution < -0.4 is 5.73 Å². The normalized spacial score (nSPS) is 24.8. The molecule has 10 heteroatoms. The second kappa shape index (κ2) is 5.57. The van der Waals surface area contributed by atoms with Crippen molar-refractivity contribution in [2.24, 2.45) is 0 Å². The molecule has 0 amide bonds. The summed E-state index contributed by atoms with van der Waals surface area (Å²) in [4.78, 5) is 11.2. The third-order valence-corrected chi connectivity index (χ3v) is 3.74. The Labute approximate surface area is 126 Å². The lowest BCUT2D eigenvalue weighted by Crippen LogP contribution is -2.31. The predicted molar refractivity (Wildman–Crippen MR) is 74.2 cm³/mol. The van der Waals surface area contributed by atoms with Crippen LogP contribution in [0.1, 0.15) is 19.1 Å². The molecular weight excluding hydrogens is 312 g/mol. The fourth-order valence-electron chi connectivity index (χ4n) is 2.44. The van der Waals surface area contributed by atoms with E-state index >= 15 is 0 Å². The third kappa shape index (κ3) is 2.41. The number of imidazole rings is 1. The van der Waals surface area contributed by atoms with Crippen LogP contribution in [0.2, 0.25) is 0 Å². The molecule has 0 unspecified atom stereocenters. The second-order valence-electron chi connectivity index (χ2n) is 4.80. The van der Waals surface area contributed by atoms with Crippen molar-refractivity contribution in [3.8, 4) is 12.3 Å². The number of hydrogen-bond donors (Lipinski definition) is 1. The summed E-state index contributed by atoms with van der Waals surface area (Å²) in [7, 11) is -0.471. The van der Waals surface area contributed by atoms with Crippen molar-refractivity contribution in [3.05, 3.63) is 12.4 Å². The highest BCUT2D eigenvalue weighted by Crippen LogP contribution is 2.38. The molecule has 1 saturated heterocycles. The molecule has 114 valence electrons. The lowest BCUT2D eigenvalue weighted by molar-refractivity contribution is -0.0549. The van der Waals surface area contributed by atoms with E-state index in [1.807, 2.05) is 0 Å². The molecule has 3 heterocycles. The van der Waals surface area contributed by atoms with Crippen LogP contribution in [-0.4, -0.2) is 31.7 Å². The van der Waals surface area contributed by atoms with Crippen molar-refractivity contribution < 1.29 is 18.2 Å². The number of nitrogen functional groups attached to an aromatic ring is 1. The highest BCUT2D eigenvalue weighted by Gasteiger charge is 2.40. The molecule has 0 saturated carbocycles. The average molecular weight is 323 g/mol. The molecule has 1 aliphatic rings. The Hall–Kier alpha value is -2.14. The van der Waals surface area contributed by atoms with Crippen molar-refractivity contribution in [2.45, 2.75) is 24.7 Å². The molecule has 0 radical (unpaired) electrons.